The first-order chi connectivity index (χ1) is 14.0. The van der Waals surface area contributed by atoms with Crippen LogP contribution in [0, 0.1) is 0 Å². The molecule has 1 heterocycles. The molecule has 1 aliphatic heterocycles. The smallest absolute Gasteiger partial charge is 0.338 e. The molecule has 2 aromatic rings. The molecule has 0 unspecified atom stereocenters. The molecule has 0 aromatic heterocycles. The summed E-state index contributed by atoms with van der Waals surface area (Å²) in [5.74, 6) is -2.38. The fourth-order valence-electron chi connectivity index (χ4n) is 2.91. The highest BCUT2D eigenvalue weighted by molar-refractivity contribution is 6.49. The van der Waals surface area contributed by atoms with E-state index in [1.165, 1.54) is 24.3 Å². The minimum atomic E-state index is -0.689. The summed E-state index contributed by atoms with van der Waals surface area (Å²) in [6.07, 6.45) is 1.89. The van der Waals surface area contributed by atoms with Crippen LogP contribution in [0.25, 0.3) is 0 Å². The van der Waals surface area contributed by atoms with Gasteiger partial charge in [-0.05, 0) is 25.0 Å². The van der Waals surface area contributed by atoms with Gasteiger partial charge in [-0.2, -0.15) is 0 Å². The van der Waals surface area contributed by atoms with Crippen LogP contribution in [-0.2, 0) is 14.3 Å². The number of rotatable bonds is 8. The van der Waals surface area contributed by atoms with Crippen LogP contribution in [0.1, 0.15) is 43.9 Å². The van der Waals surface area contributed by atoms with E-state index in [9.17, 15) is 19.2 Å². The zero-order valence-corrected chi connectivity index (χ0v) is 15.8. The second kappa shape index (κ2) is 9.75. The van der Waals surface area contributed by atoms with E-state index < -0.39 is 30.0 Å². The van der Waals surface area contributed by atoms with Crippen LogP contribution in [0.5, 0.6) is 0 Å². The molecule has 1 fully saturated rings. The number of amides is 1. The summed E-state index contributed by atoms with van der Waals surface area (Å²) < 4.78 is 10.4. The Morgan fingerprint density at radius 3 is 2.14 bits per heavy atom. The third-order valence-corrected chi connectivity index (χ3v) is 4.51. The normalized spacial score (nSPS) is 15.5. The summed E-state index contributed by atoms with van der Waals surface area (Å²) >= 11 is 0. The topological polar surface area (TPSA) is 98.8 Å². The number of carbonyl (C=O) groups is 4. The molecule has 0 radical (unpaired) electrons. The van der Waals surface area contributed by atoms with Crippen LogP contribution in [0.2, 0.25) is 0 Å². The van der Waals surface area contributed by atoms with Gasteiger partial charge in [-0.3, -0.25) is 14.4 Å². The molecule has 7 nitrogen and oxygen atoms in total. The van der Waals surface area contributed by atoms with Gasteiger partial charge in [0, 0.05) is 24.3 Å². The number of ketones is 2. The van der Waals surface area contributed by atoms with Gasteiger partial charge < -0.3 is 14.8 Å². The van der Waals surface area contributed by atoms with Gasteiger partial charge in [0.05, 0.1) is 11.7 Å². The second-order valence-corrected chi connectivity index (χ2v) is 6.62. The average Bonchev–Trinajstić information content (AvgIpc) is 3.29. The Labute approximate surface area is 168 Å². The maximum absolute atomic E-state index is 12.3. The van der Waals surface area contributed by atoms with Crippen molar-refractivity contribution in [3.05, 3.63) is 71.3 Å². The second-order valence-electron chi connectivity index (χ2n) is 6.62. The lowest BCUT2D eigenvalue weighted by atomic mass is 10.0. The summed E-state index contributed by atoms with van der Waals surface area (Å²) in [4.78, 5) is 48.3. The molecule has 0 saturated carbocycles. The first-order valence-electron chi connectivity index (χ1n) is 9.34. The Morgan fingerprint density at radius 1 is 0.897 bits per heavy atom. The largest absolute Gasteiger partial charge is 0.452 e. The summed E-state index contributed by atoms with van der Waals surface area (Å²) in [6, 6.07) is 13.8. The van der Waals surface area contributed by atoms with E-state index in [0.29, 0.717) is 18.7 Å². The molecular formula is C22H21NO6. The number of benzene rings is 2. The monoisotopic (exact) mass is 395 g/mol. The Balaban J connectivity index is 1.49. The van der Waals surface area contributed by atoms with Crippen molar-refractivity contribution >= 4 is 23.4 Å². The third kappa shape index (κ3) is 5.58. The van der Waals surface area contributed by atoms with Crippen molar-refractivity contribution < 1.29 is 28.7 Å². The van der Waals surface area contributed by atoms with Crippen LogP contribution in [0.4, 0.5) is 0 Å². The maximum Gasteiger partial charge on any atom is 0.338 e. The van der Waals surface area contributed by atoms with Gasteiger partial charge in [0.15, 0.2) is 6.61 Å². The fraction of sp³-hybridized carbons (Fsp3) is 0.273. The SMILES string of the molecule is O=C(COC(=O)c1ccc(C(=O)C(=O)c2ccccc2)cc1)NC[C@@H]1CCCO1. The van der Waals surface area contributed by atoms with Gasteiger partial charge in [-0.25, -0.2) is 4.79 Å². The molecule has 1 aliphatic rings. The van der Waals surface area contributed by atoms with Crippen molar-refractivity contribution in [1.82, 2.24) is 5.32 Å². The number of esters is 1. The minimum Gasteiger partial charge on any atom is -0.452 e. The van der Waals surface area contributed by atoms with Gasteiger partial charge in [0.2, 0.25) is 11.6 Å². The molecule has 0 aliphatic carbocycles. The molecule has 29 heavy (non-hydrogen) atoms. The highest BCUT2D eigenvalue weighted by atomic mass is 16.5. The van der Waals surface area contributed by atoms with Gasteiger partial charge in [-0.1, -0.05) is 42.5 Å². The summed E-state index contributed by atoms with van der Waals surface area (Å²) in [7, 11) is 0. The number of ether oxygens (including phenoxy) is 2. The van der Waals surface area contributed by atoms with Crippen LogP contribution in [-0.4, -0.2) is 49.3 Å². The molecule has 7 heteroatoms. The van der Waals surface area contributed by atoms with Gasteiger partial charge >= 0.3 is 5.97 Å². The van der Waals surface area contributed by atoms with E-state index >= 15 is 0 Å². The number of Topliss-reactive ketones (excluding diaryl/α,β-unsaturated/α-hetero) is 2. The minimum absolute atomic E-state index is 0.0123. The number of nitrogens with one attached hydrogen (secondary N) is 1. The lowest BCUT2D eigenvalue weighted by molar-refractivity contribution is -0.124. The van der Waals surface area contributed by atoms with Gasteiger partial charge in [-0.15, -0.1) is 0 Å². The van der Waals surface area contributed by atoms with Crippen molar-refractivity contribution in [3.8, 4) is 0 Å². The first-order valence-corrected chi connectivity index (χ1v) is 9.34. The summed E-state index contributed by atoms with van der Waals surface area (Å²) in [5.41, 5.74) is 0.653. The molecule has 0 spiro atoms. The Kier molecular flexibility index (Phi) is 6.86. The molecular weight excluding hydrogens is 374 g/mol. The number of carbonyl (C=O) groups excluding carboxylic acids is 4. The van der Waals surface area contributed by atoms with Gasteiger partial charge in [0.1, 0.15) is 0 Å². The lowest BCUT2D eigenvalue weighted by Gasteiger charge is -2.11. The van der Waals surface area contributed by atoms with E-state index in [1.54, 1.807) is 30.3 Å². The van der Waals surface area contributed by atoms with Crippen LogP contribution >= 0.6 is 0 Å². The van der Waals surface area contributed by atoms with E-state index in [0.717, 1.165) is 12.8 Å². The predicted molar refractivity (Wildman–Crippen MR) is 104 cm³/mol. The zero-order valence-electron chi connectivity index (χ0n) is 15.8. The summed E-state index contributed by atoms with van der Waals surface area (Å²) in [6.45, 7) is 0.687. The van der Waals surface area contributed by atoms with E-state index in [1.807, 2.05) is 0 Å². The van der Waals surface area contributed by atoms with E-state index in [2.05, 4.69) is 5.32 Å². The Hall–Kier alpha value is -3.32. The molecule has 1 atom stereocenters. The summed E-state index contributed by atoms with van der Waals surface area (Å²) in [5, 5.41) is 2.66. The first kappa shape index (κ1) is 20.4. The Bertz CT molecular complexity index is 885. The molecule has 1 amide bonds. The van der Waals surface area contributed by atoms with Crippen molar-refractivity contribution in [3.63, 3.8) is 0 Å². The predicted octanol–water partition coefficient (Wildman–Crippen LogP) is 2.20. The fourth-order valence-corrected chi connectivity index (χ4v) is 2.91. The average molecular weight is 395 g/mol. The standard InChI is InChI=1S/C22H21NO6/c24-19(23-13-18-7-4-12-28-18)14-29-22(27)17-10-8-16(9-11-17)21(26)20(25)15-5-2-1-3-6-15/h1-3,5-6,8-11,18H,4,7,12-14H2,(H,23,24)/t18-/m0/s1. The number of hydrogen-bond donors (Lipinski definition) is 1. The lowest BCUT2D eigenvalue weighted by Crippen LogP contribution is -2.34. The van der Waals surface area contributed by atoms with E-state index in [-0.39, 0.29) is 17.2 Å². The van der Waals surface area contributed by atoms with E-state index in [4.69, 9.17) is 9.47 Å². The molecule has 1 N–H and O–H groups in total. The maximum atomic E-state index is 12.3. The van der Waals surface area contributed by atoms with Crippen molar-refractivity contribution in [2.24, 2.45) is 0 Å². The molecule has 0 bridgehead atoms. The van der Waals surface area contributed by atoms with Crippen molar-refractivity contribution in [2.75, 3.05) is 19.8 Å². The molecule has 3 rings (SSSR count). The quantitative estimate of drug-likeness (QED) is 0.418. The van der Waals surface area contributed by atoms with Crippen LogP contribution in [0.3, 0.4) is 0 Å². The van der Waals surface area contributed by atoms with Crippen LogP contribution < -0.4 is 5.32 Å². The highest BCUT2D eigenvalue weighted by Crippen LogP contribution is 2.12. The van der Waals surface area contributed by atoms with Crippen molar-refractivity contribution in [2.45, 2.75) is 18.9 Å². The molecule has 2 aromatic carbocycles. The van der Waals surface area contributed by atoms with Crippen molar-refractivity contribution in [1.29, 1.82) is 0 Å². The highest BCUT2D eigenvalue weighted by Gasteiger charge is 2.19. The van der Waals surface area contributed by atoms with Gasteiger partial charge in [0.25, 0.3) is 5.91 Å². The third-order valence-electron chi connectivity index (χ3n) is 4.51. The zero-order chi connectivity index (χ0) is 20.6. The Morgan fingerprint density at radius 2 is 1.52 bits per heavy atom. The molecule has 150 valence electrons. The van der Waals surface area contributed by atoms with Crippen LogP contribution in [0.15, 0.2) is 54.6 Å². The molecule has 1 saturated heterocycles. The number of hydrogen-bond acceptors (Lipinski definition) is 6.